The number of piperazine rings is 1. The molecule has 2 aromatic rings. The summed E-state index contributed by atoms with van der Waals surface area (Å²) >= 11 is 0. The zero-order chi connectivity index (χ0) is 20.1. The highest BCUT2D eigenvalue weighted by Gasteiger charge is 2.31. The SMILES string of the molecule is COc1ccc(NC(=O)CN2CCN(c3cccc(C(F)(F)F)c3)CC2)cc1. The van der Waals surface area contributed by atoms with E-state index in [0.717, 1.165) is 6.07 Å². The fourth-order valence-corrected chi connectivity index (χ4v) is 3.12. The number of amides is 1. The second-order valence-electron chi connectivity index (χ2n) is 6.59. The Morgan fingerprint density at radius 1 is 1.07 bits per heavy atom. The Morgan fingerprint density at radius 2 is 1.75 bits per heavy atom. The molecule has 1 amide bonds. The van der Waals surface area contributed by atoms with E-state index in [4.69, 9.17) is 4.74 Å². The van der Waals surface area contributed by atoms with Crippen molar-refractivity contribution in [3.63, 3.8) is 0 Å². The second-order valence-corrected chi connectivity index (χ2v) is 6.59. The molecule has 150 valence electrons. The largest absolute Gasteiger partial charge is 0.497 e. The summed E-state index contributed by atoms with van der Waals surface area (Å²) in [4.78, 5) is 16.1. The van der Waals surface area contributed by atoms with Gasteiger partial charge in [-0.3, -0.25) is 9.69 Å². The third-order valence-corrected chi connectivity index (χ3v) is 4.65. The zero-order valence-electron chi connectivity index (χ0n) is 15.5. The Labute approximate surface area is 161 Å². The summed E-state index contributed by atoms with van der Waals surface area (Å²) in [6, 6.07) is 12.4. The molecule has 0 spiro atoms. The molecule has 1 fully saturated rings. The van der Waals surface area contributed by atoms with Crippen LogP contribution in [0.15, 0.2) is 48.5 Å². The molecule has 1 N–H and O–H groups in total. The second kappa shape index (κ2) is 8.52. The van der Waals surface area contributed by atoms with Gasteiger partial charge >= 0.3 is 6.18 Å². The lowest BCUT2D eigenvalue weighted by molar-refractivity contribution is -0.137. The van der Waals surface area contributed by atoms with E-state index in [1.807, 2.05) is 9.80 Å². The van der Waals surface area contributed by atoms with Crippen molar-refractivity contribution < 1.29 is 22.7 Å². The summed E-state index contributed by atoms with van der Waals surface area (Å²) in [5.74, 6) is 0.585. The van der Waals surface area contributed by atoms with Gasteiger partial charge in [0.1, 0.15) is 5.75 Å². The Balaban J connectivity index is 1.50. The van der Waals surface area contributed by atoms with Crippen LogP contribution in [0.2, 0.25) is 0 Å². The van der Waals surface area contributed by atoms with Gasteiger partial charge in [-0.1, -0.05) is 6.07 Å². The van der Waals surface area contributed by atoms with E-state index in [9.17, 15) is 18.0 Å². The van der Waals surface area contributed by atoms with Gasteiger partial charge in [-0.15, -0.1) is 0 Å². The summed E-state index contributed by atoms with van der Waals surface area (Å²) in [5.41, 5.74) is 0.594. The van der Waals surface area contributed by atoms with Crippen molar-refractivity contribution in [3.05, 3.63) is 54.1 Å². The monoisotopic (exact) mass is 393 g/mol. The highest BCUT2D eigenvalue weighted by atomic mass is 19.4. The number of alkyl halides is 3. The van der Waals surface area contributed by atoms with Crippen molar-refractivity contribution in [2.75, 3.05) is 50.1 Å². The first kappa shape index (κ1) is 20.0. The number of hydrogen-bond donors (Lipinski definition) is 1. The first-order valence-corrected chi connectivity index (χ1v) is 8.93. The van der Waals surface area contributed by atoms with Crippen molar-refractivity contribution in [2.45, 2.75) is 6.18 Å². The van der Waals surface area contributed by atoms with E-state index in [0.29, 0.717) is 43.3 Å². The van der Waals surface area contributed by atoms with Crippen molar-refractivity contribution in [3.8, 4) is 5.75 Å². The number of methoxy groups -OCH3 is 1. The van der Waals surface area contributed by atoms with Gasteiger partial charge in [-0.2, -0.15) is 13.2 Å². The maximum Gasteiger partial charge on any atom is 0.416 e. The van der Waals surface area contributed by atoms with Crippen LogP contribution in [0.3, 0.4) is 0 Å². The van der Waals surface area contributed by atoms with Gasteiger partial charge < -0.3 is 15.0 Å². The predicted octanol–water partition coefficient (Wildman–Crippen LogP) is 3.47. The van der Waals surface area contributed by atoms with Gasteiger partial charge in [0.15, 0.2) is 0 Å². The third kappa shape index (κ3) is 5.16. The average Bonchev–Trinajstić information content (AvgIpc) is 2.68. The molecule has 0 saturated carbocycles. The number of ether oxygens (including phenoxy) is 1. The number of rotatable bonds is 5. The van der Waals surface area contributed by atoms with Crippen LogP contribution >= 0.6 is 0 Å². The molecule has 1 aliphatic heterocycles. The summed E-state index contributed by atoms with van der Waals surface area (Å²) in [6.45, 7) is 2.58. The van der Waals surface area contributed by atoms with Crippen LogP contribution in [-0.4, -0.2) is 50.6 Å². The van der Waals surface area contributed by atoms with E-state index in [1.165, 1.54) is 12.1 Å². The van der Waals surface area contributed by atoms with Gasteiger partial charge in [0.05, 0.1) is 19.2 Å². The van der Waals surface area contributed by atoms with Gasteiger partial charge in [0, 0.05) is 37.6 Å². The van der Waals surface area contributed by atoms with E-state index < -0.39 is 11.7 Å². The molecule has 0 unspecified atom stereocenters. The van der Waals surface area contributed by atoms with E-state index in [2.05, 4.69) is 5.32 Å². The highest BCUT2D eigenvalue weighted by molar-refractivity contribution is 5.92. The molecule has 3 rings (SSSR count). The Morgan fingerprint density at radius 3 is 2.36 bits per heavy atom. The summed E-state index contributed by atoms with van der Waals surface area (Å²) in [6.07, 6.45) is -4.35. The molecule has 0 bridgehead atoms. The molecule has 1 heterocycles. The lowest BCUT2D eigenvalue weighted by Gasteiger charge is -2.36. The van der Waals surface area contributed by atoms with Crippen molar-refractivity contribution in [2.24, 2.45) is 0 Å². The smallest absolute Gasteiger partial charge is 0.416 e. The molecule has 2 aromatic carbocycles. The van der Waals surface area contributed by atoms with Crippen molar-refractivity contribution >= 4 is 17.3 Å². The highest BCUT2D eigenvalue weighted by Crippen LogP contribution is 2.31. The number of anilines is 2. The Bertz CT molecular complexity index is 801. The van der Waals surface area contributed by atoms with Crippen LogP contribution in [0.4, 0.5) is 24.5 Å². The number of carbonyl (C=O) groups is 1. The van der Waals surface area contributed by atoms with Crippen LogP contribution < -0.4 is 15.0 Å². The Hall–Kier alpha value is -2.74. The maximum atomic E-state index is 12.9. The normalized spacial score (nSPS) is 15.4. The lowest BCUT2D eigenvalue weighted by atomic mass is 10.1. The quantitative estimate of drug-likeness (QED) is 0.845. The lowest BCUT2D eigenvalue weighted by Crippen LogP contribution is -2.48. The van der Waals surface area contributed by atoms with E-state index in [-0.39, 0.29) is 12.5 Å². The molecule has 0 aliphatic carbocycles. The molecule has 0 atom stereocenters. The fraction of sp³-hybridized carbons (Fsp3) is 0.350. The summed E-state index contributed by atoms with van der Waals surface area (Å²) in [5, 5.41) is 2.83. The minimum absolute atomic E-state index is 0.127. The number of hydrogen-bond acceptors (Lipinski definition) is 4. The standard InChI is InChI=1S/C20H22F3N3O2/c1-28-18-7-5-16(6-8-18)24-19(27)14-25-9-11-26(12-10-25)17-4-2-3-15(13-17)20(21,22)23/h2-8,13H,9-12,14H2,1H3,(H,24,27). The van der Waals surface area contributed by atoms with E-state index >= 15 is 0 Å². The molecule has 0 radical (unpaired) electrons. The number of nitrogens with zero attached hydrogens (tertiary/aromatic N) is 2. The average molecular weight is 393 g/mol. The minimum Gasteiger partial charge on any atom is -0.497 e. The van der Waals surface area contributed by atoms with Gasteiger partial charge in [-0.05, 0) is 42.5 Å². The number of benzene rings is 2. The zero-order valence-corrected chi connectivity index (χ0v) is 15.5. The molecule has 0 aromatic heterocycles. The molecule has 28 heavy (non-hydrogen) atoms. The molecule has 8 heteroatoms. The third-order valence-electron chi connectivity index (χ3n) is 4.65. The van der Waals surface area contributed by atoms with Crippen LogP contribution in [0.1, 0.15) is 5.56 Å². The molecule has 1 aliphatic rings. The van der Waals surface area contributed by atoms with Crippen LogP contribution in [0.25, 0.3) is 0 Å². The number of carbonyl (C=O) groups excluding carboxylic acids is 1. The van der Waals surface area contributed by atoms with E-state index in [1.54, 1.807) is 37.4 Å². The van der Waals surface area contributed by atoms with Gasteiger partial charge in [-0.25, -0.2) is 0 Å². The van der Waals surface area contributed by atoms with Crippen LogP contribution in [0.5, 0.6) is 5.75 Å². The van der Waals surface area contributed by atoms with Crippen molar-refractivity contribution in [1.29, 1.82) is 0 Å². The number of halogens is 3. The van der Waals surface area contributed by atoms with Gasteiger partial charge in [0.2, 0.25) is 5.91 Å². The first-order valence-electron chi connectivity index (χ1n) is 8.93. The predicted molar refractivity (Wildman–Crippen MR) is 102 cm³/mol. The minimum atomic E-state index is -4.35. The van der Waals surface area contributed by atoms with Gasteiger partial charge in [0.25, 0.3) is 0 Å². The number of nitrogens with one attached hydrogen (secondary N) is 1. The fourth-order valence-electron chi connectivity index (χ4n) is 3.12. The summed E-state index contributed by atoms with van der Waals surface area (Å²) < 4.78 is 43.7. The maximum absolute atomic E-state index is 12.9. The Kier molecular flexibility index (Phi) is 6.08. The molecule has 5 nitrogen and oxygen atoms in total. The molecular formula is C20H22F3N3O2. The molecular weight excluding hydrogens is 371 g/mol. The van der Waals surface area contributed by atoms with Crippen molar-refractivity contribution in [1.82, 2.24) is 4.90 Å². The topological polar surface area (TPSA) is 44.8 Å². The summed E-state index contributed by atoms with van der Waals surface area (Å²) in [7, 11) is 1.58. The molecule has 1 saturated heterocycles. The first-order chi connectivity index (χ1) is 13.3. The van der Waals surface area contributed by atoms with Crippen LogP contribution in [-0.2, 0) is 11.0 Å². The van der Waals surface area contributed by atoms with Crippen LogP contribution in [0, 0.1) is 0 Å².